The molecule has 0 spiro atoms. The topological polar surface area (TPSA) is 78.9 Å². The van der Waals surface area contributed by atoms with Gasteiger partial charge in [0.1, 0.15) is 13.2 Å². The monoisotopic (exact) mass is 442 g/mol. The highest BCUT2D eigenvalue weighted by Crippen LogP contribution is 2.25. The van der Waals surface area contributed by atoms with Crippen molar-refractivity contribution in [2.75, 3.05) is 13.2 Å². The van der Waals surface area contributed by atoms with E-state index in [9.17, 15) is 14.4 Å². The molecule has 2 aromatic rings. The minimum Gasteiger partial charge on any atom is -0.458 e. The van der Waals surface area contributed by atoms with Crippen molar-refractivity contribution in [2.45, 2.75) is 53.1 Å². The SMILES string of the molecule is C.C.O=C(OCC(COC(=O)c1ccccc1)OC(=O)C1CCCCC1)c1ccccc1. The van der Waals surface area contributed by atoms with Crippen LogP contribution in [-0.4, -0.2) is 37.2 Å². The minimum atomic E-state index is -0.861. The van der Waals surface area contributed by atoms with Gasteiger partial charge in [-0.05, 0) is 37.1 Å². The molecular formula is C26H34O6. The lowest BCUT2D eigenvalue weighted by Gasteiger charge is -2.24. The van der Waals surface area contributed by atoms with Crippen LogP contribution in [0.25, 0.3) is 0 Å². The summed E-state index contributed by atoms with van der Waals surface area (Å²) < 4.78 is 16.2. The quantitative estimate of drug-likeness (QED) is 0.399. The summed E-state index contributed by atoms with van der Waals surface area (Å²) in [6.07, 6.45) is 3.83. The van der Waals surface area contributed by atoms with Crippen LogP contribution < -0.4 is 0 Å². The maximum atomic E-state index is 12.5. The number of carbonyl (C=O) groups is 3. The number of carbonyl (C=O) groups excluding carboxylic acids is 3. The standard InChI is InChI=1S/C24H26O6.2CH4/c25-22(18-10-4-1-5-11-18)28-16-21(30-24(27)20-14-8-3-9-15-20)17-29-23(26)19-12-6-2-7-13-19;;/h1-2,4-7,10-13,20-21H,3,8-9,14-17H2;2*1H4. The molecule has 0 saturated heterocycles. The van der Waals surface area contributed by atoms with Crippen LogP contribution in [0.4, 0.5) is 0 Å². The number of esters is 3. The van der Waals surface area contributed by atoms with E-state index in [2.05, 4.69) is 0 Å². The van der Waals surface area contributed by atoms with E-state index in [0.29, 0.717) is 11.1 Å². The first-order chi connectivity index (χ1) is 14.6. The Hall–Kier alpha value is -3.15. The van der Waals surface area contributed by atoms with Gasteiger partial charge in [-0.1, -0.05) is 70.5 Å². The van der Waals surface area contributed by atoms with Gasteiger partial charge in [0.15, 0.2) is 6.10 Å². The third kappa shape index (κ3) is 8.17. The van der Waals surface area contributed by atoms with Crippen molar-refractivity contribution in [3.05, 3.63) is 71.8 Å². The first-order valence-corrected chi connectivity index (χ1v) is 10.3. The predicted molar refractivity (Wildman–Crippen MR) is 123 cm³/mol. The lowest BCUT2D eigenvalue weighted by Crippen LogP contribution is -2.33. The smallest absolute Gasteiger partial charge is 0.338 e. The molecule has 0 aromatic heterocycles. The predicted octanol–water partition coefficient (Wildman–Crippen LogP) is 5.46. The molecule has 1 saturated carbocycles. The molecule has 0 heterocycles. The van der Waals surface area contributed by atoms with Gasteiger partial charge in [0.2, 0.25) is 0 Å². The van der Waals surface area contributed by atoms with Crippen LogP contribution in [0.3, 0.4) is 0 Å². The summed E-state index contributed by atoms with van der Waals surface area (Å²) in [5, 5.41) is 0. The van der Waals surface area contributed by atoms with E-state index in [-0.39, 0.29) is 40.0 Å². The van der Waals surface area contributed by atoms with Crippen LogP contribution in [0.2, 0.25) is 0 Å². The number of ether oxygens (including phenoxy) is 3. The van der Waals surface area contributed by atoms with Crippen LogP contribution in [0.1, 0.15) is 67.7 Å². The normalized spacial score (nSPS) is 13.3. The molecule has 6 nitrogen and oxygen atoms in total. The van der Waals surface area contributed by atoms with Gasteiger partial charge in [0, 0.05) is 0 Å². The van der Waals surface area contributed by atoms with Crippen molar-refractivity contribution < 1.29 is 28.6 Å². The Bertz CT molecular complexity index is 772. The number of hydrogen-bond acceptors (Lipinski definition) is 6. The molecule has 0 aliphatic heterocycles. The molecule has 2 aromatic carbocycles. The first kappa shape index (κ1) is 26.9. The lowest BCUT2D eigenvalue weighted by molar-refractivity contribution is -0.159. The molecule has 0 N–H and O–H groups in total. The zero-order valence-corrected chi connectivity index (χ0v) is 16.8. The molecule has 1 fully saturated rings. The highest BCUT2D eigenvalue weighted by atomic mass is 16.6. The maximum Gasteiger partial charge on any atom is 0.338 e. The second kappa shape index (κ2) is 14.0. The molecule has 1 aliphatic rings. The Morgan fingerprint density at radius 2 is 1.16 bits per heavy atom. The molecule has 174 valence electrons. The van der Waals surface area contributed by atoms with Gasteiger partial charge in [-0.3, -0.25) is 4.79 Å². The van der Waals surface area contributed by atoms with Crippen LogP contribution in [0.5, 0.6) is 0 Å². The number of hydrogen-bond donors (Lipinski definition) is 0. The molecule has 0 unspecified atom stereocenters. The summed E-state index contributed by atoms with van der Waals surface area (Å²) in [6.45, 7) is -0.373. The summed E-state index contributed by atoms with van der Waals surface area (Å²) in [7, 11) is 0. The third-order valence-corrected chi connectivity index (χ3v) is 5.04. The molecule has 0 bridgehead atoms. The third-order valence-electron chi connectivity index (χ3n) is 5.04. The van der Waals surface area contributed by atoms with Crippen molar-refractivity contribution in [3.8, 4) is 0 Å². The van der Waals surface area contributed by atoms with Gasteiger partial charge in [0.05, 0.1) is 17.0 Å². The van der Waals surface area contributed by atoms with E-state index >= 15 is 0 Å². The fourth-order valence-electron chi connectivity index (χ4n) is 3.37. The van der Waals surface area contributed by atoms with E-state index in [4.69, 9.17) is 14.2 Å². The maximum absolute atomic E-state index is 12.5. The summed E-state index contributed by atoms with van der Waals surface area (Å²) >= 11 is 0. The molecule has 0 atom stereocenters. The number of rotatable bonds is 8. The highest BCUT2D eigenvalue weighted by molar-refractivity contribution is 5.89. The van der Waals surface area contributed by atoms with Gasteiger partial charge < -0.3 is 14.2 Å². The zero-order chi connectivity index (χ0) is 21.2. The van der Waals surface area contributed by atoms with Crippen LogP contribution in [-0.2, 0) is 19.0 Å². The average molecular weight is 443 g/mol. The second-order valence-corrected chi connectivity index (χ2v) is 7.32. The van der Waals surface area contributed by atoms with E-state index in [0.717, 1.165) is 32.1 Å². The molecule has 32 heavy (non-hydrogen) atoms. The van der Waals surface area contributed by atoms with Crippen molar-refractivity contribution in [3.63, 3.8) is 0 Å². The Labute approximate surface area is 190 Å². The van der Waals surface area contributed by atoms with E-state index in [1.54, 1.807) is 60.7 Å². The van der Waals surface area contributed by atoms with E-state index in [1.165, 1.54) is 0 Å². The molecule has 6 heteroatoms. The summed E-state index contributed by atoms with van der Waals surface area (Å²) in [5.74, 6) is -1.53. The minimum absolute atomic E-state index is 0. The fraction of sp³-hybridized carbons (Fsp3) is 0.423. The van der Waals surface area contributed by atoms with E-state index < -0.39 is 18.0 Å². The second-order valence-electron chi connectivity index (χ2n) is 7.32. The fourth-order valence-corrected chi connectivity index (χ4v) is 3.37. The Morgan fingerprint density at radius 3 is 1.59 bits per heavy atom. The molecular weight excluding hydrogens is 408 g/mol. The van der Waals surface area contributed by atoms with Crippen molar-refractivity contribution in [1.82, 2.24) is 0 Å². The molecule has 0 radical (unpaired) electrons. The van der Waals surface area contributed by atoms with E-state index in [1.807, 2.05) is 0 Å². The van der Waals surface area contributed by atoms with Gasteiger partial charge in [0.25, 0.3) is 0 Å². The van der Waals surface area contributed by atoms with Crippen molar-refractivity contribution in [2.24, 2.45) is 5.92 Å². The highest BCUT2D eigenvalue weighted by Gasteiger charge is 2.27. The van der Waals surface area contributed by atoms with Gasteiger partial charge >= 0.3 is 17.9 Å². The largest absolute Gasteiger partial charge is 0.458 e. The Balaban J connectivity index is 0.00000256. The zero-order valence-electron chi connectivity index (χ0n) is 16.8. The average Bonchev–Trinajstić information content (AvgIpc) is 2.82. The molecule has 0 amide bonds. The number of benzene rings is 2. The van der Waals surface area contributed by atoms with Crippen LogP contribution in [0.15, 0.2) is 60.7 Å². The van der Waals surface area contributed by atoms with Gasteiger partial charge in [-0.15, -0.1) is 0 Å². The molecule has 3 rings (SSSR count). The summed E-state index contributed by atoms with van der Waals surface area (Å²) in [4.78, 5) is 37.0. The molecule has 1 aliphatic carbocycles. The lowest BCUT2D eigenvalue weighted by atomic mass is 9.89. The van der Waals surface area contributed by atoms with Gasteiger partial charge in [-0.2, -0.15) is 0 Å². The van der Waals surface area contributed by atoms with Crippen molar-refractivity contribution >= 4 is 17.9 Å². The Kier molecular flexibility index (Phi) is 11.8. The summed E-state index contributed by atoms with van der Waals surface area (Å²) in [5.41, 5.74) is 0.798. The Morgan fingerprint density at radius 1 is 0.719 bits per heavy atom. The summed E-state index contributed by atoms with van der Waals surface area (Å²) in [6, 6.07) is 17.1. The van der Waals surface area contributed by atoms with Crippen LogP contribution in [0, 0.1) is 5.92 Å². The van der Waals surface area contributed by atoms with Crippen molar-refractivity contribution in [1.29, 1.82) is 0 Å². The first-order valence-electron chi connectivity index (χ1n) is 10.3. The van der Waals surface area contributed by atoms with Gasteiger partial charge in [-0.25, -0.2) is 9.59 Å². The van der Waals surface area contributed by atoms with Crippen LogP contribution >= 0.6 is 0 Å².